The minimum atomic E-state index is -0.611. The van der Waals surface area contributed by atoms with Gasteiger partial charge in [-0.25, -0.2) is 4.79 Å². The number of anilines is 1. The van der Waals surface area contributed by atoms with Gasteiger partial charge in [-0.3, -0.25) is 0 Å². The lowest BCUT2D eigenvalue weighted by Gasteiger charge is -2.22. The highest BCUT2D eigenvalue weighted by molar-refractivity contribution is 6.18. The van der Waals surface area contributed by atoms with Gasteiger partial charge in [0.2, 0.25) is 0 Å². The Hall–Kier alpha value is -1.70. The zero-order chi connectivity index (χ0) is 16.4. The van der Waals surface area contributed by atoms with Crippen LogP contribution in [-0.4, -0.2) is 37.4 Å². The molecule has 0 unspecified atom stereocenters. The molecule has 0 heterocycles. The molecule has 0 radical (unpaired) electrons. The summed E-state index contributed by atoms with van der Waals surface area (Å²) in [6, 6.07) is 9.34. The average molecular weight is 341 g/mol. The second-order valence-electron chi connectivity index (χ2n) is 4.35. The van der Waals surface area contributed by atoms with E-state index in [0.29, 0.717) is 24.8 Å². The monoisotopic (exact) mass is 340 g/mol. The number of benzene rings is 1. The van der Waals surface area contributed by atoms with Crippen LogP contribution in [0, 0.1) is 11.3 Å². The first-order valence-corrected chi connectivity index (χ1v) is 7.99. The summed E-state index contributed by atoms with van der Waals surface area (Å²) in [5.41, 5.74) is 1.73. The molecule has 1 aromatic carbocycles. The molecule has 0 fully saturated rings. The van der Waals surface area contributed by atoms with Crippen molar-refractivity contribution in [3.63, 3.8) is 0 Å². The summed E-state index contributed by atoms with van der Waals surface area (Å²) in [5.74, 6) is 0.417. The molecule has 1 rings (SSSR count). The molecule has 22 heavy (non-hydrogen) atoms. The maximum Gasteiger partial charge on any atom is 0.348 e. The van der Waals surface area contributed by atoms with Gasteiger partial charge in [0.15, 0.2) is 0 Å². The van der Waals surface area contributed by atoms with Gasteiger partial charge in [-0.15, -0.1) is 23.2 Å². The fourth-order valence-electron chi connectivity index (χ4n) is 1.87. The second kappa shape index (κ2) is 10.1. The Balaban J connectivity index is 2.91. The summed E-state index contributed by atoms with van der Waals surface area (Å²) in [7, 11) is 0. The number of carbonyl (C=O) groups excluding carboxylic acids is 1. The first-order valence-electron chi connectivity index (χ1n) is 6.92. The molecule has 0 saturated heterocycles. The molecular formula is C16H18Cl2N2O2. The second-order valence-corrected chi connectivity index (χ2v) is 5.10. The van der Waals surface area contributed by atoms with Gasteiger partial charge in [0, 0.05) is 30.5 Å². The van der Waals surface area contributed by atoms with Crippen molar-refractivity contribution in [1.82, 2.24) is 0 Å². The molecule has 0 bridgehead atoms. The summed E-state index contributed by atoms with van der Waals surface area (Å²) in [4.78, 5) is 13.6. The van der Waals surface area contributed by atoms with Crippen LogP contribution in [0.3, 0.4) is 0 Å². The molecule has 0 amide bonds. The molecule has 0 saturated carbocycles. The number of rotatable bonds is 8. The molecule has 0 aliphatic rings. The van der Waals surface area contributed by atoms with E-state index >= 15 is 0 Å². The Morgan fingerprint density at radius 2 is 1.86 bits per heavy atom. The van der Waals surface area contributed by atoms with Gasteiger partial charge in [0.1, 0.15) is 11.6 Å². The molecule has 0 aliphatic heterocycles. The van der Waals surface area contributed by atoms with Crippen molar-refractivity contribution in [3.8, 4) is 6.07 Å². The lowest BCUT2D eigenvalue weighted by atomic mass is 10.1. The van der Waals surface area contributed by atoms with Crippen LogP contribution in [0.1, 0.15) is 12.5 Å². The highest BCUT2D eigenvalue weighted by atomic mass is 35.5. The third-order valence-corrected chi connectivity index (χ3v) is 3.23. The highest BCUT2D eigenvalue weighted by Crippen LogP contribution is 2.17. The number of nitrogens with zero attached hydrogens (tertiary/aromatic N) is 2. The lowest BCUT2D eigenvalue weighted by Crippen LogP contribution is -2.27. The lowest BCUT2D eigenvalue weighted by molar-refractivity contribution is -0.137. The Bertz CT molecular complexity index is 544. The Morgan fingerprint density at radius 3 is 2.32 bits per heavy atom. The maximum atomic E-state index is 11.6. The van der Waals surface area contributed by atoms with Crippen LogP contribution in [0.4, 0.5) is 5.69 Å². The zero-order valence-corrected chi connectivity index (χ0v) is 13.9. The number of hydrogen-bond donors (Lipinski definition) is 0. The first-order chi connectivity index (χ1) is 10.7. The number of nitriles is 1. The van der Waals surface area contributed by atoms with Crippen molar-refractivity contribution in [2.75, 3.05) is 36.4 Å². The maximum absolute atomic E-state index is 11.6. The molecule has 1 aromatic rings. The predicted molar refractivity (Wildman–Crippen MR) is 90.3 cm³/mol. The van der Waals surface area contributed by atoms with Crippen LogP contribution in [-0.2, 0) is 9.53 Å². The van der Waals surface area contributed by atoms with E-state index in [4.69, 9.17) is 33.2 Å². The molecule has 0 aliphatic carbocycles. The SMILES string of the molecule is CCOC(=O)C(C#N)=Cc1ccc(N(CCCl)CCCl)cc1. The van der Waals surface area contributed by atoms with Gasteiger partial charge >= 0.3 is 5.97 Å². The van der Waals surface area contributed by atoms with E-state index in [2.05, 4.69) is 4.90 Å². The Morgan fingerprint density at radius 1 is 1.27 bits per heavy atom. The smallest absolute Gasteiger partial charge is 0.348 e. The van der Waals surface area contributed by atoms with Crippen LogP contribution >= 0.6 is 23.2 Å². The van der Waals surface area contributed by atoms with Crippen LogP contribution < -0.4 is 4.90 Å². The van der Waals surface area contributed by atoms with Crippen LogP contribution in [0.25, 0.3) is 6.08 Å². The van der Waals surface area contributed by atoms with Crippen LogP contribution in [0.5, 0.6) is 0 Å². The highest BCUT2D eigenvalue weighted by Gasteiger charge is 2.10. The van der Waals surface area contributed by atoms with Gasteiger partial charge in [-0.2, -0.15) is 5.26 Å². The number of halogens is 2. The molecular weight excluding hydrogens is 323 g/mol. The van der Waals surface area contributed by atoms with E-state index in [1.165, 1.54) is 6.08 Å². The summed E-state index contributed by atoms with van der Waals surface area (Å²) in [5, 5.41) is 9.01. The van der Waals surface area contributed by atoms with Crippen LogP contribution in [0.2, 0.25) is 0 Å². The van der Waals surface area contributed by atoms with E-state index in [0.717, 1.165) is 11.3 Å². The topological polar surface area (TPSA) is 53.3 Å². The zero-order valence-electron chi connectivity index (χ0n) is 12.4. The van der Waals surface area contributed by atoms with Crippen molar-refractivity contribution >= 4 is 40.9 Å². The van der Waals surface area contributed by atoms with E-state index < -0.39 is 5.97 Å². The molecule has 6 heteroatoms. The molecule has 118 valence electrons. The fraction of sp³-hybridized carbons (Fsp3) is 0.375. The normalized spacial score (nSPS) is 10.9. The summed E-state index contributed by atoms with van der Waals surface area (Å²) in [6.45, 7) is 3.35. The summed E-state index contributed by atoms with van der Waals surface area (Å²) >= 11 is 11.6. The predicted octanol–water partition coefficient (Wildman–Crippen LogP) is 3.44. The number of esters is 1. The number of carbonyl (C=O) groups is 1. The van der Waals surface area contributed by atoms with Crippen molar-refractivity contribution in [2.45, 2.75) is 6.92 Å². The third-order valence-electron chi connectivity index (χ3n) is 2.89. The van der Waals surface area contributed by atoms with E-state index in [1.807, 2.05) is 30.3 Å². The molecule has 0 spiro atoms. The summed E-state index contributed by atoms with van der Waals surface area (Å²) in [6.07, 6.45) is 1.51. The van der Waals surface area contributed by atoms with Gasteiger partial charge in [-0.1, -0.05) is 12.1 Å². The van der Waals surface area contributed by atoms with E-state index in [9.17, 15) is 4.79 Å². The minimum absolute atomic E-state index is 0.0204. The van der Waals surface area contributed by atoms with Crippen molar-refractivity contribution < 1.29 is 9.53 Å². The Kier molecular flexibility index (Phi) is 8.42. The molecule has 0 aromatic heterocycles. The Labute approximate surface area is 140 Å². The van der Waals surface area contributed by atoms with Gasteiger partial charge < -0.3 is 9.64 Å². The third kappa shape index (κ3) is 5.59. The fourth-order valence-corrected chi connectivity index (χ4v) is 2.28. The molecule has 4 nitrogen and oxygen atoms in total. The molecule has 0 N–H and O–H groups in total. The van der Waals surface area contributed by atoms with Crippen LogP contribution in [0.15, 0.2) is 29.8 Å². The minimum Gasteiger partial charge on any atom is -0.462 e. The quantitative estimate of drug-likeness (QED) is 0.315. The van der Waals surface area contributed by atoms with E-state index in [-0.39, 0.29) is 12.2 Å². The first kappa shape index (κ1) is 18.3. The van der Waals surface area contributed by atoms with Gasteiger partial charge in [0.05, 0.1) is 6.61 Å². The number of ether oxygens (including phenoxy) is 1. The molecule has 0 atom stereocenters. The van der Waals surface area contributed by atoms with Crippen molar-refractivity contribution in [3.05, 3.63) is 35.4 Å². The number of hydrogen-bond acceptors (Lipinski definition) is 4. The summed E-state index contributed by atoms with van der Waals surface area (Å²) < 4.78 is 4.83. The largest absolute Gasteiger partial charge is 0.462 e. The average Bonchev–Trinajstić information content (AvgIpc) is 2.53. The van der Waals surface area contributed by atoms with Crippen molar-refractivity contribution in [1.29, 1.82) is 5.26 Å². The van der Waals surface area contributed by atoms with Gasteiger partial charge in [-0.05, 0) is 30.7 Å². The number of alkyl halides is 2. The van der Waals surface area contributed by atoms with Crippen molar-refractivity contribution in [2.24, 2.45) is 0 Å². The standard InChI is InChI=1S/C16H18Cl2N2O2/c1-2-22-16(21)14(12-19)11-13-3-5-15(6-4-13)20(9-7-17)10-8-18/h3-6,11H,2,7-10H2,1H3. The van der Waals surface area contributed by atoms with E-state index in [1.54, 1.807) is 6.92 Å². The van der Waals surface area contributed by atoms with Gasteiger partial charge in [0.25, 0.3) is 0 Å².